The van der Waals surface area contributed by atoms with Crippen molar-refractivity contribution >= 4 is 50.8 Å². The number of carbonyl (C=O) groups is 2. The zero-order valence-corrected chi connectivity index (χ0v) is 12.7. The molecule has 112 valence electrons. The topological polar surface area (TPSA) is 91.8 Å². The molecule has 1 amide bonds. The average Bonchev–Trinajstić information content (AvgIpc) is 2.58. The first kappa shape index (κ1) is 15.8. The second kappa shape index (κ2) is 5.67. The van der Waals surface area contributed by atoms with E-state index in [1.807, 2.05) is 0 Å². The molecule has 2 rings (SSSR count). The lowest BCUT2D eigenvalue weighted by Crippen LogP contribution is -2.30. The molecule has 0 saturated carbocycles. The Hall–Kier alpha value is -1.57. The van der Waals surface area contributed by atoms with Crippen LogP contribution in [-0.4, -0.2) is 25.4 Å². The monoisotopic (exact) mass is 349 g/mol. The molecule has 9 heteroatoms. The molecule has 0 radical (unpaired) electrons. The first-order chi connectivity index (χ1) is 9.75. The lowest BCUT2D eigenvalue weighted by Gasteiger charge is -2.15. The molecule has 0 aliphatic carbocycles. The third-order valence-corrected chi connectivity index (χ3v) is 5.66. The van der Waals surface area contributed by atoms with E-state index in [1.165, 1.54) is 12.1 Å². The number of amides is 1. The van der Waals surface area contributed by atoms with Gasteiger partial charge in [0.15, 0.2) is 4.36 Å². The van der Waals surface area contributed by atoms with E-state index in [4.69, 9.17) is 28.3 Å². The Kier molecular flexibility index (Phi) is 4.27. The normalized spacial score (nSPS) is 17.4. The summed E-state index contributed by atoms with van der Waals surface area (Å²) >= 11 is 11.1. The fourth-order valence-electron chi connectivity index (χ4n) is 1.78. The van der Waals surface area contributed by atoms with Crippen LogP contribution in [0.15, 0.2) is 33.7 Å². The van der Waals surface area contributed by atoms with Crippen LogP contribution in [0.1, 0.15) is 12.0 Å². The van der Waals surface area contributed by atoms with E-state index in [1.54, 1.807) is 12.1 Å². The van der Waals surface area contributed by atoms with Crippen molar-refractivity contribution in [2.45, 2.75) is 12.8 Å². The lowest BCUT2D eigenvalue weighted by molar-refractivity contribution is -0.137. The van der Waals surface area contributed by atoms with Crippen molar-refractivity contribution in [1.82, 2.24) is 0 Å². The number of hydrogen-bond acceptors (Lipinski definition) is 4. The number of anilines is 1. The van der Waals surface area contributed by atoms with E-state index < -0.39 is 31.3 Å². The highest BCUT2D eigenvalue weighted by Crippen LogP contribution is 2.36. The van der Waals surface area contributed by atoms with Gasteiger partial charge < -0.3 is 5.11 Å². The van der Waals surface area contributed by atoms with Gasteiger partial charge >= 0.3 is 5.97 Å². The molecular weight excluding hydrogens is 341 g/mol. The SMILES string of the molecule is O=C(O)CCc1ccc(N2C(=O)C(Cl)=C(Cl)S2(=O)=O)cc1. The van der Waals surface area contributed by atoms with Gasteiger partial charge in [-0.1, -0.05) is 35.3 Å². The number of carboxylic acid groups (broad SMARTS) is 1. The summed E-state index contributed by atoms with van der Waals surface area (Å²) < 4.78 is 23.7. The fourth-order valence-corrected chi connectivity index (χ4v) is 3.68. The first-order valence-corrected chi connectivity index (χ1v) is 7.90. The summed E-state index contributed by atoms with van der Waals surface area (Å²) in [6, 6.07) is 5.88. The van der Waals surface area contributed by atoms with Gasteiger partial charge in [-0.05, 0) is 24.1 Å². The smallest absolute Gasteiger partial charge is 0.303 e. The highest BCUT2D eigenvalue weighted by Gasteiger charge is 2.43. The third-order valence-electron chi connectivity index (χ3n) is 2.81. The highest BCUT2D eigenvalue weighted by molar-refractivity contribution is 7.99. The minimum absolute atomic E-state index is 0.0422. The van der Waals surface area contributed by atoms with E-state index in [0.29, 0.717) is 16.3 Å². The summed E-state index contributed by atoms with van der Waals surface area (Å²) in [4.78, 5) is 22.3. The van der Waals surface area contributed by atoms with Gasteiger partial charge in [0.1, 0.15) is 5.03 Å². The number of rotatable bonds is 4. The van der Waals surface area contributed by atoms with Crippen molar-refractivity contribution in [2.75, 3.05) is 4.31 Å². The van der Waals surface area contributed by atoms with Crippen molar-refractivity contribution in [3.8, 4) is 0 Å². The van der Waals surface area contributed by atoms with E-state index in [0.717, 1.165) is 0 Å². The standard InChI is InChI=1S/C12H9Cl2NO5S/c13-10-11(14)21(19,20)15(12(10)18)8-4-1-7(2-5-8)3-6-9(16)17/h1-2,4-5H,3,6H2,(H,16,17). The predicted octanol–water partition coefficient (Wildman–Crippen LogP) is 2.03. The molecule has 1 aliphatic rings. The Labute approximate surface area is 130 Å². The van der Waals surface area contributed by atoms with Crippen molar-refractivity contribution in [3.63, 3.8) is 0 Å². The predicted molar refractivity (Wildman–Crippen MR) is 77.5 cm³/mol. The van der Waals surface area contributed by atoms with Crippen LogP contribution in [0.25, 0.3) is 0 Å². The van der Waals surface area contributed by atoms with Crippen LogP contribution in [-0.2, 0) is 26.0 Å². The maximum absolute atomic E-state index is 12.0. The van der Waals surface area contributed by atoms with Crippen LogP contribution in [0.4, 0.5) is 5.69 Å². The van der Waals surface area contributed by atoms with Crippen LogP contribution < -0.4 is 4.31 Å². The quantitative estimate of drug-likeness (QED) is 0.897. The van der Waals surface area contributed by atoms with Crippen LogP contribution in [0.5, 0.6) is 0 Å². The summed E-state index contributed by atoms with van der Waals surface area (Å²) in [5.41, 5.74) is 0.795. The van der Waals surface area contributed by atoms with Gasteiger partial charge in [0.25, 0.3) is 15.9 Å². The minimum Gasteiger partial charge on any atom is -0.481 e. The summed E-state index contributed by atoms with van der Waals surface area (Å²) in [5.74, 6) is -1.85. The largest absolute Gasteiger partial charge is 0.481 e. The molecule has 1 aromatic rings. The Bertz CT molecular complexity index is 739. The van der Waals surface area contributed by atoms with Gasteiger partial charge in [0.2, 0.25) is 0 Å². The maximum atomic E-state index is 12.0. The van der Waals surface area contributed by atoms with Crippen LogP contribution in [0.3, 0.4) is 0 Å². The average molecular weight is 350 g/mol. The van der Waals surface area contributed by atoms with E-state index >= 15 is 0 Å². The molecule has 0 saturated heterocycles. The molecule has 6 nitrogen and oxygen atoms in total. The van der Waals surface area contributed by atoms with Crippen molar-refractivity contribution in [3.05, 3.63) is 39.2 Å². The number of benzene rings is 1. The van der Waals surface area contributed by atoms with Gasteiger partial charge in [0, 0.05) is 6.42 Å². The molecule has 0 unspecified atom stereocenters. The zero-order chi connectivity index (χ0) is 15.8. The van der Waals surface area contributed by atoms with Gasteiger partial charge in [0.05, 0.1) is 5.69 Å². The summed E-state index contributed by atoms with van der Waals surface area (Å²) in [7, 11) is -4.15. The summed E-state index contributed by atoms with van der Waals surface area (Å²) in [6.07, 6.45) is 0.259. The zero-order valence-electron chi connectivity index (χ0n) is 10.4. The first-order valence-electron chi connectivity index (χ1n) is 5.71. The number of halogens is 2. The molecule has 21 heavy (non-hydrogen) atoms. The van der Waals surface area contributed by atoms with Gasteiger partial charge in [-0.2, -0.15) is 12.7 Å². The third kappa shape index (κ3) is 2.90. The van der Waals surface area contributed by atoms with Crippen molar-refractivity contribution in [1.29, 1.82) is 0 Å². The number of nitrogens with zero attached hydrogens (tertiary/aromatic N) is 1. The Morgan fingerprint density at radius 2 is 1.76 bits per heavy atom. The number of carboxylic acids is 1. The van der Waals surface area contributed by atoms with E-state index in [2.05, 4.69) is 0 Å². The Morgan fingerprint density at radius 3 is 2.19 bits per heavy atom. The highest BCUT2D eigenvalue weighted by atomic mass is 35.5. The molecule has 1 aromatic carbocycles. The van der Waals surface area contributed by atoms with Gasteiger partial charge in [-0.15, -0.1) is 0 Å². The lowest BCUT2D eigenvalue weighted by atomic mass is 10.1. The number of aryl methyl sites for hydroxylation is 1. The summed E-state index contributed by atoms with van der Waals surface area (Å²) in [6.45, 7) is 0. The molecule has 1 heterocycles. The van der Waals surface area contributed by atoms with Gasteiger partial charge in [-0.25, -0.2) is 0 Å². The molecule has 1 N–H and O–H groups in total. The number of aliphatic carboxylic acids is 1. The molecule has 1 aliphatic heterocycles. The number of sulfonamides is 1. The molecular formula is C12H9Cl2NO5S. The minimum atomic E-state index is -4.15. The Balaban J connectivity index is 2.28. The molecule has 0 fully saturated rings. The van der Waals surface area contributed by atoms with Gasteiger partial charge in [-0.3, -0.25) is 9.59 Å². The van der Waals surface area contributed by atoms with Crippen LogP contribution >= 0.6 is 23.2 Å². The second-order valence-corrected chi connectivity index (χ2v) is 6.93. The van der Waals surface area contributed by atoms with Crippen molar-refractivity contribution < 1.29 is 23.1 Å². The maximum Gasteiger partial charge on any atom is 0.303 e. The molecule has 0 spiro atoms. The number of hydrogen-bond donors (Lipinski definition) is 1. The van der Waals surface area contributed by atoms with Crippen molar-refractivity contribution in [2.24, 2.45) is 0 Å². The van der Waals surface area contributed by atoms with E-state index in [-0.39, 0.29) is 12.1 Å². The van der Waals surface area contributed by atoms with E-state index in [9.17, 15) is 18.0 Å². The fraction of sp³-hybridized carbons (Fsp3) is 0.167. The number of carbonyl (C=O) groups excluding carboxylic acids is 1. The second-order valence-electron chi connectivity index (χ2n) is 4.22. The molecule has 0 atom stereocenters. The van der Waals surface area contributed by atoms with Crippen LogP contribution in [0, 0.1) is 0 Å². The molecule has 0 bridgehead atoms. The molecule has 0 aromatic heterocycles. The Morgan fingerprint density at radius 1 is 1.19 bits per heavy atom. The van der Waals surface area contributed by atoms with Crippen LogP contribution in [0.2, 0.25) is 0 Å². The summed E-state index contributed by atoms with van der Waals surface area (Å²) in [5, 5.41) is 8.05.